The van der Waals surface area contributed by atoms with E-state index in [4.69, 9.17) is 10.5 Å². The monoisotopic (exact) mass is 220 g/mol. The van der Waals surface area contributed by atoms with Crippen molar-refractivity contribution in [2.75, 3.05) is 24.6 Å². The van der Waals surface area contributed by atoms with Crippen LogP contribution in [0.1, 0.15) is 25.5 Å². The molecule has 0 aliphatic carbocycles. The molecular weight excluding hydrogens is 200 g/mol. The number of anilines is 1. The molecule has 1 fully saturated rings. The number of rotatable bonds is 2. The van der Waals surface area contributed by atoms with E-state index in [9.17, 15) is 0 Å². The molecule has 3 heteroatoms. The van der Waals surface area contributed by atoms with Crippen LogP contribution in [0.5, 0.6) is 0 Å². The molecule has 1 aliphatic heterocycles. The number of benzene rings is 1. The topological polar surface area (TPSA) is 38.5 Å². The highest BCUT2D eigenvalue weighted by molar-refractivity contribution is 5.55. The molecule has 0 radical (unpaired) electrons. The van der Waals surface area contributed by atoms with Gasteiger partial charge in [0.05, 0.1) is 12.7 Å². The quantitative estimate of drug-likeness (QED) is 0.827. The number of nitrogens with two attached hydrogens (primary N) is 1. The maximum atomic E-state index is 6.00. The fourth-order valence-corrected chi connectivity index (χ4v) is 2.20. The Kier molecular flexibility index (Phi) is 3.46. The zero-order valence-electron chi connectivity index (χ0n) is 10.0. The van der Waals surface area contributed by atoms with Crippen molar-refractivity contribution in [3.05, 3.63) is 29.8 Å². The number of ether oxygens (including phenoxy) is 1. The molecule has 16 heavy (non-hydrogen) atoms. The summed E-state index contributed by atoms with van der Waals surface area (Å²) >= 11 is 0. The van der Waals surface area contributed by atoms with Gasteiger partial charge < -0.3 is 15.4 Å². The zero-order valence-corrected chi connectivity index (χ0v) is 10.0. The summed E-state index contributed by atoms with van der Waals surface area (Å²) in [6.07, 6.45) is 0.301. The first-order valence-corrected chi connectivity index (χ1v) is 5.89. The van der Waals surface area contributed by atoms with Gasteiger partial charge in [-0.25, -0.2) is 0 Å². The summed E-state index contributed by atoms with van der Waals surface area (Å²) in [6.45, 7) is 6.84. The Morgan fingerprint density at radius 2 is 2.19 bits per heavy atom. The largest absolute Gasteiger partial charge is 0.375 e. The van der Waals surface area contributed by atoms with Gasteiger partial charge in [0.2, 0.25) is 0 Å². The highest BCUT2D eigenvalue weighted by Gasteiger charge is 2.19. The summed E-state index contributed by atoms with van der Waals surface area (Å²) in [4.78, 5) is 2.37. The van der Waals surface area contributed by atoms with Crippen LogP contribution in [0.3, 0.4) is 0 Å². The highest BCUT2D eigenvalue weighted by Crippen LogP contribution is 2.26. The van der Waals surface area contributed by atoms with E-state index >= 15 is 0 Å². The van der Waals surface area contributed by atoms with Gasteiger partial charge in [-0.15, -0.1) is 0 Å². The van der Waals surface area contributed by atoms with Crippen LogP contribution in [-0.4, -0.2) is 25.8 Å². The SMILES string of the molecule is CC1CN(c2ccccc2C(C)N)CCO1. The number of hydrogen-bond donors (Lipinski definition) is 1. The molecular formula is C13H20N2O. The standard InChI is InChI=1S/C13H20N2O/c1-10-9-15(7-8-16-10)13-6-4-3-5-12(13)11(2)14/h3-6,10-11H,7-9,14H2,1-2H3. The average molecular weight is 220 g/mol. The van der Waals surface area contributed by atoms with E-state index in [0.29, 0.717) is 6.10 Å². The Morgan fingerprint density at radius 1 is 1.44 bits per heavy atom. The maximum Gasteiger partial charge on any atom is 0.0722 e. The zero-order chi connectivity index (χ0) is 11.5. The van der Waals surface area contributed by atoms with Crippen LogP contribution in [-0.2, 0) is 4.74 Å². The van der Waals surface area contributed by atoms with Crippen molar-refractivity contribution in [1.29, 1.82) is 0 Å². The molecule has 1 heterocycles. The molecule has 3 nitrogen and oxygen atoms in total. The van der Waals surface area contributed by atoms with E-state index in [-0.39, 0.29) is 6.04 Å². The van der Waals surface area contributed by atoms with Crippen molar-refractivity contribution < 1.29 is 4.74 Å². The van der Waals surface area contributed by atoms with E-state index in [1.165, 1.54) is 11.3 Å². The Morgan fingerprint density at radius 3 is 2.88 bits per heavy atom. The fourth-order valence-electron chi connectivity index (χ4n) is 2.20. The molecule has 1 aromatic rings. The molecule has 0 spiro atoms. The number of hydrogen-bond acceptors (Lipinski definition) is 3. The first kappa shape index (κ1) is 11.4. The number of morpholine rings is 1. The fraction of sp³-hybridized carbons (Fsp3) is 0.538. The molecule has 0 saturated carbocycles. The van der Waals surface area contributed by atoms with Crippen LogP contribution in [0.2, 0.25) is 0 Å². The Hall–Kier alpha value is -1.06. The van der Waals surface area contributed by atoms with Crippen LogP contribution in [0.15, 0.2) is 24.3 Å². The van der Waals surface area contributed by atoms with Crippen molar-refractivity contribution in [3.63, 3.8) is 0 Å². The van der Waals surface area contributed by atoms with Gasteiger partial charge in [-0.1, -0.05) is 18.2 Å². The third-order valence-corrected chi connectivity index (χ3v) is 3.01. The maximum absolute atomic E-state index is 6.00. The van der Waals surface area contributed by atoms with Gasteiger partial charge in [0, 0.05) is 24.8 Å². The highest BCUT2D eigenvalue weighted by atomic mass is 16.5. The summed E-state index contributed by atoms with van der Waals surface area (Å²) in [5, 5.41) is 0. The van der Waals surface area contributed by atoms with Gasteiger partial charge >= 0.3 is 0 Å². The molecule has 2 atom stereocenters. The predicted molar refractivity (Wildman–Crippen MR) is 66.7 cm³/mol. The summed E-state index contributed by atoms with van der Waals surface area (Å²) < 4.78 is 5.56. The second kappa shape index (κ2) is 4.85. The summed E-state index contributed by atoms with van der Waals surface area (Å²) in [6, 6.07) is 8.46. The van der Waals surface area contributed by atoms with Gasteiger partial charge in [-0.3, -0.25) is 0 Å². The third kappa shape index (κ3) is 2.36. The van der Waals surface area contributed by atoms with E-state index in [2.05, 4.69) is 30.0 Å². The van der Waals surface area contributed by atoms with Crippen molar-refractivity contribution in [1.82, 2.24) is 0 Å². The van der Waals surface area contributed by atoms with Crippen molar-refractivity contribution in [3.8, 4) is 0 Å². The van der Waals surface area contributed by atoms with E-state index in [0.717, 1.165) is 19.7 Å². The summed E-state index contributed by atoms with van der Waals surface area (Å²) in [5.41, 5.74) is 8.47. The molecule has 1 saturated heterocycles. The predicted octanol–water partition coefficient (Wildman–Crippen LogP) is 1.93. The normalized spacial score (nSPS) is 23.2. The molecule has 88 valence electrons. The summed E-state index contributed by atoms with van der Waals surface area (Å²) in [7, 11) is 0. The molecule has 1 aromatic carbocycles. The van der Waals surface area contributed by atoms with Gasteiger partial charge in [0.25, 0.3) is 0 Å². The van der Waals surface area contributed by atoms with E-state index < -0.39 is 0 Å². The Bertz CT molecular complexity index is 352. The van der Waals surface area contributed by atoms with Crippen LogP contribution < -0.4 is 10.6 Å². The molecule has 2 unspecified atom stereocenters. The van der Waals surface area contributed by atoms with Gasteiger partial charge in [0.1, 0.15) is 0 Å². The van der Waals surface area contributed by atoms with E-state index in [1.807, 2.05) is 13.0 Å². The first-order chi connectivity index (χ1) is 7.68. The van der Waals surface area contributed by atoms with Crippen LogP contribution in [0.25, 0.3) is 0 Å². The van der Waals surface area contributed by atoms with Crippen molar-refractivity contribution >= 4 is 5.69 Å². The lowest BCUT2D eigenvalue weighted by atomic mass is 10.1. The average Bonchev–Trinajstić information content (AvgIpc) is 2.29. The molecule has 0 amide bonds. The lowest BCUT2D eigenvalue weighted by molar-refractivity contribution is 0.0531. The third-order valence-electron chi connectivity index (χ3n) is 3.01. The van der Waals surface area contributed by atoms with Crippen molar-refractivity contribution in [2.45, 2.75) is 26.0 Å². The number of nitrogens with zero attached hydrogens (tertiary/aromatic N) is 1. The second-order valence-corrected chi connectivity index (χ2v) is 4.47. The molecule has 0 aromatic heterocycles. The van der Waals surface area contributed by atoms with E-state index in [1.54, 1.807) is 0 Å². The lowest BCUT2D eigenvalue weighted by Crippen LogP contribution is -2.41. The number of para-hydroxylation sites is 1. The van der Waals surface area contributed by atoms with Crippen LogP contribution in [0.4, 0.5) is 5.69 Å². The van der Waals surface area contributed by atoms with Crippen LogP contribution >= 0.6 is 0 Å². The molecule has 2 N–H and O–H groups in total. The first-order valence-electron chi connectivity index (χ1n) is 5.89. The lowest BCUT2D eigenvalue weighted by Gasteiger charge is -2.34. The Labute approximate surface area is 97.2 Å². The smallest absolute Gasteiger partial charge is 0.0722 e. The van der Waals surface area contributed by atoms with Crippen molar-refractivity contribution in [2.24, 2.45) is 5.73 Å². The minimum Gasteiger partial charge on any atom is -0.375 e. The molecule has 0 bridgehead atoms. The van der Waals surface area contributed by atoms with Gasteiger partial charge in [-0.05, 0) is 25.5 Å². The second-order valence-electron chi connectivity index (χ2n) is 4.47. The Balaban J connectivity index is 2.25. The summed E-state index contributed by atoms with van der Waals surface area (Å²) in [5.74, 6) is 0. The minimum absolute atomic E-state index is 0.0781. The van der Waals surface area contributed by atoms with Gasteiger partial charge in [-0.2, -0.15) is 0 Å². The molecule has 2 rings (SSSR count). The molecule has 1 aliphatic rings. The van der Waals surface area contributed by atoms with Gasteiger partial charge in [0.15, 0.2) is 0 Å². The minimum atomic E-state index is 0.0781. The van der Waals surface area contributed by atoms with Crippen LogP contribution in [0, 0.1) is 0 Å².